The Labute approximate surface area is 140 Å². The molecule has 0 amide bonds. The van der Waals surface area contributed by atoms with E-state index in [1.54, 1.807) is 0 Å². The van der Waals surface area contributed by atoms with Crippen molar-refractivity contribution in [2.24, 2.45) is 4.99 Å². The van der Waals surface area contributed by atoms with Crippen LogP contribution < -0.4 is 10.6 Å². The van der Waals surface area contributed by atoms with Crippen LogP contribution in [0.2, 0.25) is 0 Å². The number of hydrogen-bond donors (Lipinski definition) is 2. The normalized spacial score (nSPS) is 20.1. The van der Waals surface area contributed by atoms with E-state index in [2.05, 4.69) is 44.8 Å². The zero-order valence-electron chi connectivity index (χ0n) is 14.4. The molecule has 1 saturated heterocycles. The van der Waals surface area contributed by atoms with E-state index in [1.807, 2.05) is 7.05 Å². The predicted molar refractivity (Wildman–Crippen MR) is 96.5 cm³/mol. The second kappa shape index (κ2) is 8.34. The lowest BCUT2D eigenvalue weighted by Crippen LogP contribution is -2.38. The summed E-state index contributed by atoms with van der Waals surface area (Å²) in [5.41, 5.74) is 2.76. The molecule has 0 atom stereocenters. The molecule has 1 aliphatic carbocycles. The molecule has 2 N–H and O–H groups in total. The Morgan fingerprint density at radius 3 is 2.57 bits per heavy atom. The Kier molecular flexibility index (Phi) is 5.92. The van der Waals surface area contributed by atoms with Gasteiger partial charge in [-0.3, -0.25) is 9.89 Å². The van der Waals surface area contributed by atoms with E-state index in [-0.39, 0.29) is 0 Å². The van der Waals surface area contributed by atoms with Gasteiger partial charge in [0.15, 0.2) is 5.96 Å². The third-order valence-corrected chi connectivity index (χ3v) is 4.70. The van der Waals surface area contributed by atoms with Gasteiger partial charge in [-0.25, -0.2) is 0 Å². The third kappa shape index (κ3) is 5.54. The van der Waals surface area contributed by atoms with Crippen molar-refractivity contribution < 1.29 is 0 Å². The van der Waals surface area contributed by atoms with Crippen LogP contribution in [0.15, 0.2) is 29.3 Å². The van der Waals surface area contributed by atoms with E-state index in [0.717, 1.165) is 19.0 Å². The minimum Gasteiger partial charge on any atom is -0.354 e. The summed E-state index contributed by atoms with van der Waals surface area (Å²) in [6, 6.07) is 9.61. The predicted octanol–water partition coefficient (Wildman–Crippen LogP) is 2.89. The van der Waals surface area contributed by atoms with Crippen molar-refractivity contribution in [2.75, 3.05) is 20.1 Å². The highest BCUT2D eigenvalue weighted by Gasteiger charge is 2.22. The molecule has 0 aromatic heterocycles. The van der Waals surface area contributed by atoms with Gasteiger partial charge in [-0.05, 0) is 49.9 Å². The van der Waals surface area contributed by atoms with Crippen LogP contribution in [0.4, 0.5) is 0 Å². The molecule has 2 aliphatic rings. The van der Waals surface area contributed by atoms with Gasteiger partial charge >= 0.3 is 0 Å². The van der Waals surface area contributed by atoms with Crippen molar-refractivity contribution in [3.05, 3.63) is 35.4 Å². The monoisotopic (exact) mass is 314 g/mol. The van der Waals surface area contributed by atoms with Crippen LogP contribution in [-0.4, -0.2) is 37.0 Å². The van der Waals surface area contributed by atoms with Crippen LogP contribution in [0.25, 0.3) is 0 Å². The van der Waals surface area contributed by atoms with Gasteiger partial charge in [0.2, 0.25) is 0 Å². The molecule has 0 spiro atoms. The van der Waals surface area contributed by atoms with E-state index >= 15 is 0 Å². The molecule has 2 fully saturated rings. The van der Waals surface area contributed by atoms with Gasteiger partial charge in [-0.1, -0.05) is 37.1 Å². The molecule has 0 unspecified atom stereocenters. The number of nitrogens with zero attached hydrogens (tertiary/aromatic N) is 2. The van der Waals surface area contributed by atoms with Crippen molar-refractivity contribution in [3.63, 3.8) is 0 Å². The van der Waals surface area contributed by atoms with Crippen LogP contribution in [0.3, 0.4) is 0 Å². The number of guanidine groups is 1. The third-order valence-electron chi connectivity index (χ3n) is 4.70. The van der Waals surface area contributed by atoms with Gasteiger partial charge < -0.3 is 10.6 Å². The lowest BCUT2D eigenvalue weighted by atomic mass is 10.1. The Hall–Kier alpha value is -1.55. The number of rotatable bonds is 5. The first-order valence-corrected chi connectivity index (χ1v) is 9.11. The molecule has 1 heterocycles. The molecule has 1 aliphatic heterocycles. The first kappa shape index (κ1) is 16.3. The minimum atomic E-state index is 0.635. The van der Waals surface area contributed by atoms with Crippen molar-refractivity contribution in [1.82, 2.24) is 15.5 Å². The highest BCUT2D eigenvalue weighted by Crippen LogP contribution is 2.18. The lowest BCUT2D eigenvalue weighted by molar-refractivity contribution is 0.277. The van der Waals surface area contributed by atoms with E-state index in [0.29, 0.717) is 6.04 Å². The van der Waals surface area contributed by atoms with Crippen LogP contribution in [0.1, 0.15) is 49.7 Å². The summed E-state index contributed by atoms with van der Waals surface area (Å²) in [6.07, 6.45) is 8.04. The van der Waals surface area contributed by atoms with Gasteiger partial charge in [0.1, 0.15) is 0 Å². The highest BCUT2D eigenvalue weighted by molar-refractivity contribution is 5.80. The van der Waals surface area contributed by atoms with Gasteiger partial charge in [0.25, 0.3) is 0 Å². The molecule has 1 aromatic rings. The number of hydrogen-bond acceptors (Lipinski definition) is 2. The maximum absolute atomic E-state index is 4.30. The largest absolute Gasteiger partial charge is 0.354 e. The second-order valence-electron chi connectivity index (χ2n) is 6.85. The number of benzene rings is 1. The molecule has 1 saturated carbocycles. The average Bonchev–Trinajstić information content (AvgIpc) is 3.39. The average molecular weight is 314 g/mol. The van der Waals surface area contributed by atoms with Crippen molar-refractivity contribution >= 4 is 5.96 Å². The topological polar surface area (TPSA) is 39.7 Å². The Morgan fingerprint density at radius 2 is 1.87 bits per heavy atom. The van der Waals surface area contributed by atoms with Gasteiger partial charge in [0, 0.05) is 26.2 Å². The zero-order chi connectivity index (χ0) is 15.9. The van der Waals surface area contributed by atoms with Crippen LogP contribution >= 0.6 is 0 Å². The van der Waals surface area contributed by atoms with Crippen LogP contribution in [-0.2, 0) is 13.1 Å². The van der Waals surface area contributed by atoms with Crippen molar-refractivity contribution in [2.45, 2.75) is 57.7 Å². The van der Waals surface area contributed by atoms with Crippen molar-refractivity contribution in [3.8, 4) is 0 Å². The second-order valence-corrected chi connectivity index (χ2v) is 6.85. The number of aliphatic imine (C=N–C) groups is 1. The number of likely N-dealkylation sites (tertiary alicyclic amines) is 1. The fraction of sp³-hybridized carbons (Fsp3) is 0.632. The van der Waals surface area contributed by atoms with E-state index in [9.17, 15) is 0 Å². The Morgan fingerprint density at radius 1 is 1.13 bits per heavy atom. The summed E-state index contributed by atoms with van der Waals surface area (Å²) in [5.74, 6) is 0.922. The van der Waals surface area contributed by atoms with E-state index in [1.165, 1.54) is 62.7 Å². The summed E-state index contributed by atoms with van der Waals surface area (Å²) in [5, 5.41) is 6.85. The lowest BCUT2D eigenvalue weighted by Gasteiger charge is -2.20. The van der Waals surface area contributed by atoms with Crippen LogP contribution in [0.5, 0.6) is 0 Å². The summed E-state index contributed by atoms with van der Waals surface area (Å²) in [4.78, 5) is 6.90. The Balaban J connectivity index is 1.51. The molecule has 3 rings (SSSR count). The quantitative estimate of drug-likeness (QED) is 0.648. The van der Waals surface area contributed by atoms with Gasteiger partial charge in [-0.2, -0.15) is 0 Å². The fourth-order valence-electron chi connectivity index (χ4n) is 3.19. The van der Waals surface area contributed by atoms with Gasteiger partial charge in [-0.15, -0.1) is 0 Å². The van der Waals surface area contributed by atoms with Crippen molar-refractivity contribution in [1.29, 1.82) is 0 Å². The fourth-order valence-corrected chi connectivity index (χ4v) is 3.19. The standard InChI is InChI=1S/C19H30N4/c1-20-19(22-18-9-10-18)21-14-16-7-6-8-17(13-16)15-23-11-4-2-3-5-12-23/h6-8,13,18H,2-5,9-12,14-15H2,1H3,(H2,20,21,22). The molecule has 0 radical (unpaired) electrons. The minimum absolute atomic E-state index is 0.635. The summed E-state index contributed by atoms with van der Waals surface area (Å²) < 4.78 is 0. The first-order valence-electron chi connectivity index (χ1n) is 9.11. The molecule has 4 heteroatoms. The SMILES string of the molecule is CN=C(NCc1cccc(CN2CCCCCC2)c1)NC1CC1. The molecule has 23 heavy (non-hydrogen) atoms. The Bertz CT molecular complexity index is 514. The molecular formula is C19H30N4. The zero-order valence-corrected chi connectivity index (χ0v) is 14.4. The molecule has 1 aromatic carbocycles. The smallest absolute Gasteiger partial charge is 0.191 e. The summed E-state index contributed by atoms with van der Waals surface area (Å²) in [6.45, 7) is 4.42. The highest BCUT2D eigenvalue weighted by atomic mass is 15.2. The summed E-state index contributed by atoms with van der Waals surface area (Å²) in [7, 11) is 1.84. The van der Waals surface area contributed by atoms with E-state index in [4.69, 9.17) is 0 Å². The first-order chi connectivity index (χ1) is 11.3. The number of nitrogens with one attached hydrogen (secondary N) is 2. The molecule has 126 valence electrons. The van der Waals surface area contributed by atoms with Crippen LogP contribution in [0, 0.1) is 0 Å². The molecule has 0 bridgehead atoms. The summed E-state index contributed by atoms with van der Waals surface area (Å²) >= 11 is 0. The molecule has 4 nitrogen and oxygen atoms in total. The molecular weight excluding hydrogens is 284 g/mol. The van der Waals surface area contributed by atoms with E-state index < -0.39 is 0 Å². The van der Waals surface area contributed by atoms with Gasteiger partial charge in [0.05, 0.1) is 0 Å². The maximum atomic E-state index is 4.30. The maximum Gasteiger partial charge on any atom is 0.191 e.